The Hall–Kier alpha value is -2.47. The molecule has 0 aliphatic carbocycles. The number of aromatic nitrogens is 2. The Morgan fingerprint density at radius 1 is 1.20 bits per heavy atom. The van der Waals surface area contributed by atoms with E-state index in [1.807, 2.05) is 0 Å². The number of hydrogen-bond donors (Lipinski definition) is 4. The maximum absolute atomic E-state index is 12.3. The van der Waals surface area contributed by atoms with Gasteiger partial charge in [0.2, 0.25) is 5.91 Å². The second-order valence-electron chi connectivity index (χ2n) is 5.65. The second-order valence-corrected chi connectivity index (χ2v) is 8.21. The number of amides is 2. The Bertz CT molecular complexity index is 1180. The summed E-state index contributed by atoms with van der Waals surface area (Å²) in [5.41, 5.74) is 5.36. The van der Waals surface area contributed by atoms with E-state index in [0.29, 0.717) is 20.4 Å². The average Bonchev–Trinajstić information content (AvgIpc) is 3.12. The minimum absolute atomic E-state index is 0.0156. The third-order valence-corrected chi connectivity index (χ3v) is 5.54. The first kappa shape index (κ1) is 22.2. The highest BCUT2D eigenvalue weighted by Crippen LogP contribution is 2.25. The molecule has 0 saturated carbocycles. The van der Waals surface area contributed by atoms with Gasteiger partial charge in [0.25, 0.3) is 11.5 Å². The molecule has 0 aliphatic rings. The number of aromatic amines is 1. The van der Waals surface area contributed by atoms with Crippen LogP contribution < -0.4 is 21.9 Å². The van der Waals surface area contributed by atoms with Gasteiger partial charge >= 0.3 is 0 Å². The SMILES string of the molecule is Nc1nc(SCC(=O)Nc2ccc(Cl)c(Cl)c2)[nH]c(=O)c1NC(=O)c1ccc(Br)o1. The molecule has 9 nitrogen and oxygen atoms in total. The quantitative estimate of drug-likeness (QED) is 0.277. The number of nitrogens with one attached hydrogen (secondary N) is 3. The summed E-state index contributed by atoms with van der Waals surface area (Å²) >= 11 is 15.8. The van der Waals surface area contributed by atoms with E-state index in [9.17, 15) is 14.4 Å². The van der Waals surface area contributed by atoms with Crippen molar-refractivity contribution in [3.63, 3.8) is 0 Å². The van der Waals surface area contributed by atoms with Crippen LogP contribution in [0.5, 0.6) is 0 Å². The van der Waals surface area contributed by atoms with Crippen molar-refractivity contribution in [2.45, 2.75) is 5.16 Å². The van der Waals surface area contributed by atoms with Crippen LogP contribution in [0.3, 0.4) is 0 Å². The standard InChI is InChI=1S/C17H12BrCl2N5O4S/c18-11-4-3-10(29-11)15(27)23-13-14(21)24-17(25-16(13)28)30-6-12(26)22-7-1-2-8(19)9(20)5-7/h1-5H,6H2,(H,22,26)(H,23,27)(H3,21,24,25,28). The summed E-state index contributed by atoms with van der Waals surface area (Å²) in [6.45, 7) is 0. The van der Waals surface area contributed by atoms with E-state index < -0.39 is 11.5 Å². The lowest BCUT2D eigenvalue weighted by molar-refractivity contribution is -0.113. The van der Waals surface area contributed by atoms with Crippen molar-refractivity contribution in [1.29, 1.82) is 0 Å². The molecule has 0 aliphatic heterocycles. The third-order valence-electron chi connectivity index (χ3n) is 3.50. The van der Waals surface area contributed by atoms with Crippen LogP contribution in [0, 0.1) is 0 Å². The summed E-state index contributed by atoms with van der Waals surface area (Å²) in [6, 6.07) is 7.63. The molecule has 30 heavy (non-hydrogen) atoms. The molecule has 0 bridgehead atoms. The van der Waals surface area contributed by atoms with Crippen molar-refractivity contribution >= 4 is 79.9 Å². The fraction of sp³-hybridized carbons (Fsp3) is 0.0588. The highest BCUT2D eigenvalue weighted by atomic mass is 79.9. The average molecular weight is 533 g/mol. The number of thioether (sulfide) groups is 1. The first-order valence-electron chi connectivity index (χ1n) is 8.07. The highest BCUT2D eigenvalue weighted by Gasteiger charge is 2.17. The number of H-pyrrole nitrogens is 1. The lowest BCUT2D eigenvalue weighted by Crippen LogP contribution is -2.23. The minimum atomic E-state index is -0.672. The molecule has 1 aromatic carbocycles. The number of anilines is 3. The second kappa shape index (κ2) is 9.56. The van der Waals surface area contributed by atoms with E-state index in [4.69, 9.17) is 33.4 Å². The first-order valence-corrected chi connectivity index (χ1v) is 10.6. The lowest BCUT2D eigenvalue weighted by atomic mass is 10.3. The van der Waals surface area contributed by atoms with E-state index in [0.717, 1.165) is 11.8 Å². The predicted octanol–water partition coefficient (Wildman–Crippen LogP) is 4.00. The van der Waals surface area contributed by atoms with Crippen LogP contribution >= 0.6 is 50.9 Å². The molecular weight excluding hydrogens is 521 g/mol. The van der Waals surface area contributed by atoms with Gasteiger partial charge in [-0.2, -0.15) is 0 Å². The van der Waals surface area contributed by atoms with Crippen LogP contribution in [-0.2, 0) is 4.79 Å². The normalized spacial score (nSPS) is 10.6. The molecule has 0 radical (unpaired) electrons. The number of nitrogens with two attached hydrogens (primary N) is 1. The van der Waals surface area contributed by atoms with E-state index in [2.05, 4.69) is 36.5 Å². The number of carbonyl (C=O) groups excluding carboxylic acids is 2. The molecule has 3 aromatic rings. The van der Waals surface area contributed by atoms with Gasteiger partial charge in [0.15, 0.2) is 27.1 Å². The van der Waals surface area contributed by atoms with E-state index >= 15 is 0 Å². The molecule has 2 amide bonds. The Labute approximate surface area is 191 Å². The molecule has 0 saturated heterocycles. The summed E-state index contributed by atoms with van der Waals surface area (Å²) in [5.74, 6) is -1.31. The highest BCUT2D eigenvalue weighted by molar-refractivity contribution is 9.10. The number of furan rings is 1. The van der Waals surface area contributed by atoms with E-state index in [1.54, 1.807) is 12.1 Å². The van der Waals surface area contributed by atoms with Gasteiger partial charge in [-0.15, -0.1) is 0 Å². The monoisotopic (exact) mass is 531 g/mol. The fourth-order valence-corrected chi connectivity index (χ4v) is 3.45. The van der Waals surface area contributed by atoms with E-state index in [-0.39, 0.29) is 34.1 Å². The predicted molar refractivity (Wildman–Crippen MR) is 119 cm³/mol. The number of nitrogens with zero attached hydrogens (tertiary/aromatic N) is 1. The summed E-state index contributed by atoms with van der Waals surface area (Å²) in [4.78, 5) is 42.9. The van der Waals surface area contributed by atoms with Crippen LogP contribution in [0.4, 0.5) is 17.2 Å². The molecule has 0 spiro atoms. The summed E-state index contributed by atoms with van der Waals surface area (Å²) in [7, 11) is 0. The lowest BCUT2D eigenvalue weighted by Gasteiger charge is -2.08. The van der Waals surface area contributed by atoms with Gasteiger partial charge in [-0.25, -0.2) is 4.98 Å². The zero-order valence-corrected chi connectivity index (χ0v) is 18.7. The molecule has 3 rings (SSSR count). The van der Waals surface area contributed by atoms with Crippen molar-refractivity contribution in [3.8, 4) is 0 Å². The zero-order chi connectivity index (χ0) is 21.8. The van der Waals surface area contributed by atoms with Crippen LogP contribution in [0.2, 0.25) is 10.0 Å². The van der Waals surface area contributed by atoms with Gasteiger partial charge in [0.05, 0.1) is 15.8 Å². The minimum Gasteiger partial charge on any atom is -0.444 e. The molecular formula is C17H12BrCl2N5O4S. The summed E-state index contributed by atoms with van der Waals surface area (Å²) < 4.78 is 5.48. The molecule has 0 fully saturated rings. The van der Waals surface area contributed by atoms with Crippen molar-refractivity contribution in [2.75, 3.05) is 22.1 Å². The number of halogens is 3. The Kier molecular flexibility index (Phi) is 7.08. The summed E-state index contributed by atoms with van der Waals surface area (Å²) in [6.07, 6.45) is 0. The smallest absolute Gasteiger partial charge is 0.291 e. The maximum Gasteiger partial charge on any atom is 0.291 e. The van der Waals surface area contributed by atoms with Crippen molar-refractivity contribution < 1.29 is 14.0 Å². The third kappa shape index (κ3) is 5.57. The van der Waals surface area contributed by atoms with Gasteiger partial charge in [-0.05, 0) is 46.3 Å². The number of rotatable bonds is 6. The van der Waals surface area contributed by atoms with Gasteiger partial charge < -0.3 is 20.8 Å². The number of nitrogen functional groups attached to an aromatic ring is 1. The molecule has 0 unspecified atom stereocenters. The van der Waals surface area contributed by atoms with Crippen LogP contribution in [0.25, 0.3) is 0 Å². The first-order chi connectivity index (χ1) is 14.2. The van der Waals surface area contributed by atoms with Crippen molar-refractivity contribution in [3.05, 3.63) is 61.2 Å². The van der Waals surface area contributed by atoms with Gasteiger partial charge in [-0.3, -0.25) is 19.4 Å². The summed E-state index contributed by atoms with van der Waals surface area (Å²) in [5, 5.41) is 5.77. The molecule has 13 heteroatoms. The maximum atomic E-state index is 12.3. The van der Waals surface area contributed by atoms with Gasteiger partial charge in [0, 0.05) is 5.69 Å². The van der Waals surface area contributed by atoms with Gasteiger partial charge in [-0.1, -0.05) is 35.0 Å². The van der Waals surface area contributed by atoms with Crippen molar-refractivity contribution in [1.82, 2.24) is 9.97 Å². The molecule has 5 N–H and O–H groups in total. The Balaban J connectivity index is 1.63. The van der Waals surface area contributed by atoms with Crippen LogP contribution in [-0.4, -0.2) is 27.5 Å². The topological polar surface area (TPSA) is 143 Å². The number of carbonyl (C=O) groups is 2. The fourth-order valence-electron chi connectivity index (χ4n) is 2.17. The van der Waals surface area contributed by atoms with Crippen LogP contribution in [0.1, 0.15) is 10.6 Å². The molecule has 156 valence electrons. The largest absolute Gasteiger partial charge is 0.444 e. The molecule has 0 atom stereocenters. The van der Waals surface area contributed by atoms with Crippen LogP contribution in [0.15, 0.2) is 49.4 Å². The zero-order valence-electron chi connectivity index (χ0n) is 14.8. The molecule has 2 heterocycles. The van der Waals surface area contributed by atoms with E-state index in [1.165, 1.54) is 18.2 Å². The van der Waals surface area contributed by atoms with Gasteiger partial charge in [0.1, 0.15) is 0 Å². The van der Waals surface area contributed by atoms with Crippen molar-refractivity contribution in [2.24, 2.45) is 0 Å². The Morgan fingerprint density at radius 2 is 1.97 bits per heavy atom. The Morgan fingerprint density at radius 3 is 2.60 bits per heavy atom. The number of benzene rings is 1. The number of hydrogen-bond acceptors (Lipinski definition) is 7. The molecule has 2 aromatic heterocycles.